The summed E-state index contributed by atoms with van der Waals surface area (Å²) in [5, 5.41) is 3.50. The second-order valence-electron chi connectivity index (χ2n) is 5.36. The topological polar surface area (TPSA) is 15.3 Å². The van der Waals surface area contributed by atoms with Crippen LogP contribution in [0.5, 0.6) is 0 Å². The second-order valence-corrected chi connectivity index (χ2v) is 6.28. The van der Waals surface area contributed by atoms with Crippen LogP contribution in [-0.4, -0.2) is 31.1 Å². The quantitative estimate of drug-likeness (QED) is 0.902. The van der Waals surface area contributed by atoms with Gasteiger partial charge in [0.25, 0.3) is 0 Å². The van der Waals surface area contributed by atoms with Crippen molar-refractivity contribution in [2.75, 3.05) is 26.2 Å². The van der Waals surface area contributed by atoms with Crippen LogP contribution < -0.4 is 5.32 Å². The number of hydrogen-bond donors (Lipinski definition) is 1. The fourth-order valence-corrected chi connectivity index (χ4v) is 3.42. The molecule has 92 valence electrons. The number of rotatable bonds is 2. The lowest BCUT2D eigenvalue weighted by molar-refractivity contribution is 0.244. The molecule has 1 aromatic rings. The van der Waals surface area contributed by atoms with Crippen molar-refractivity contribution in [3.05, 3.63) is 34.3 Å². The number of fused-ring (bicyclic) bond motifs is 1. The van der Waals surface area contributed by atoms with Crippen LogP contribution in [0.4, 0.5) is 0 Å². The lowest BCUT2D eigenvalue weighted by Crippen LogP contribution is -2.28. The molecule has 1 N–H and O–H groups in total. The van der Waals surface area contributed by atoms with Crippen molar-refractivity contribution in [2.45, 2.75) is 13.0 Å². The summed E-state index contributed by atoms with van der Waals surface area (Å²) in [6, 6.07) is 9.31. The standard InChI is InChI=1S/C14H19BrN2/c1-10(11-2-4-14(15)5-3-11)17-8-12-6-16-7-13(12)9-17/h2-5,10,12-13,16H,6-9H2,1H3. The van der Waals surface area contributed by atoms with Crippen LogP contribution in [0.3, 0.4) is 0 Å². The zero-order valence-electron chi connectivity index (χ0n) is 10.2. The van der Waals surface area contributed by atoms with Crippen molar-refractivity contribution < 1.29 is 0 Å². The molecule has 2 aliphatic heterocycles. The Morgan fingerprint density at radius 3 is 2.35 bits per heavy atom. The monoisotopic (exact) mass is 294 g/mol. The summed E-state index contributed by atoms with van der Waals surface area (Å²) in [5.41, 5.74) is 1.43. The van der Waals surface area contributed by atoms with Gasteiger partial charge in [-0.3, -0.25) is 4.90 Å². The lowest BCUT2D eigenvalue weighted by Gasteiger charge is -2.25. The molecule has 2 heterocycles. The normalized spacial score (nSPS) is 30.5. The Hall–Kier alpha value is -0.380. The van der Waals surface area contributed by atoms with Crippen LogP contribution in [-0.2, 0) is 0 Å². The smallest absolute Gasteiger partial charge is 0.0320 e. The van der Waals surface area contributed by atoms with Crippen LogP contribution in [0.25, 0.3) is 0 Å². The number of nitrogens with one attached hydrogen (secondary N) is 1. The minimum absolute atomic E-state index is 0.550. The molecule has 0 aromatic heterocycles. The van der Waals surface area contributed by atoms with E-state index in [9.17, 15) is 0 Å². The van der Waals surface area contributed by atoms with Gasteiger partial charge in [0, 0.05) is 23.6 Å². The summed E-state index contributed by atoms with van der Waals surface area (Å²) >= 11 is 3.50. The summed E-state index contributed by atoms with van der Waals surface area (Å²) in [6.45, 7) is 7.28. The number of benzene rings is 1. The molecule has 0 amide bonds. The van der Waals surface area contributed by atoms with Crippen molar-refractivity contribution in [1.29, 1.82) is 0 Å². The zero-order chi connectivity index (χ0) is 11.8. The number of likely N-dealkylation sites (tertiary alicyclic amines) is 1. The van der Waals surface area contributed by atoms with Gasteiger partial charge in [-0.1, -0.05) is 28.1 Å². The highest BCUT2D eigenvalue weighted by atomic mass is 79.9. The summed E-state index contributed by atoms with van der Waals surface area (Å²) in [7, 11) is 0. The molecule has 2 fully saturated rings. The largest absolute Gasteiger partial charge is 0.316 e. The summed E-state index contributed by atoms with van der Waals surface area (Å²) in [4.78, 5) is 2.64. The van der Waals surface area contributed by atoms with Crippen molar-refractivity contribution in [3.63, 3.8) is 0 Å². The van der Waals surface area contributed by atoms with E-state index < -0.39 is 0 Å². The Bertz CT molecular complexity index is 378. The van der Waals surface area contributed by atoms with E-state index in [-0.39, 0.29) is 0 Å². The maximum Gasteiger partial charge on any atom is 0.0320 e. The molecule has 17 heavy (non-hydrogen) atoms. The molecule has 0 spiro atoms. The second kappa shape index (κ2) is 4.71. The van der Waals surface area contributed by atoms with Crippen LogP contribution >= 0.6 is 15.9 Å². The predicted molar refractivity (Wildman–Crippen MR) is 74.0 cm³/mol. The summed E-state index contributed by atoms with van der Waals surface area (Å²) < 4.78 is 1.16. The van der Waals surface area contributed by atoms with Crippen molar-refractivity contribution in [2.24, 2.45) is 11.8 Å². The van der Waals surface area contributed by atoms with E-state index in [0.29, 0.717) is 6.04 Å². The van der Waals surface area contributed by atoms with E-state index in [0.717, 1.165) is 16.3 Å². The van der Waals surface area contributed by atoms with E-state index >= 15 is 0 Å². The molecule has 3 heteroatoms. The van der Waals surface area contributed by atoms with E-state index in [1.54, 1.807) is 0 Å². The molecule has 0 saturated carbocycles. The van der Waals surface area contributed by atoms with Gasteiger partial charge in [0.15, 0.2) is 0 Å². The number of halogens is 1. The first kappa shape index (κ1) is 11.7. The third-order valence-electron chi connectivity index (χ3n) is 4.32. The first-order valence-corrected chi connectivity index (χ1v) is 7.23. The third kappa shape index (κ3) is 2.28. The molecule has 1 aromatic carbocycles. The molecule has 3 atom stereocenters. The maximum absolute atomic E-state index is 3.50. The highest BCUT2D eigenvalue weighted by Gasteiger charge is 2.37. The number of nitrogens with zero attached hydrogens (tertiary/aromatic N) is 1. The fourth-order valence-electron chi connectivity index (χ4n) is 3.16. The molecule has 3 rings (SSSR count). The van der Waals surface area contributed by atoms with E-state index in [2.05, 4.69) is 57.3 Å². The molecule has 0 bridgehead atoms. The van der Waals surface area contributed by atoms with Gasteiger partial charge in [-0.25, -0.2) is 0 Å². The van der Waals surface area contributed by atoms with Crippen LogP contribution in [0, 0.1) is 11.8 Å². The van der Waals surface area contributed by atoms with Gasteiger partial charge in [0.05, 0.1) is 0 Å². The SMILES string of the molecule is CC(c1ccc(Br)cc1)N1CC2CNCC2C1. The average molecular weight is 295 g/mol. The Morgan fingerprint density at radius 1 is 1.18 bits per heavy atom. The highest BCUT2D eigenvalue weighted by Crippen LogP contribution is 2.32. The third-order valence-corrected chi connectivity index (χ3v) is 4.85. The van der Waals surface area contributed by atoms with Crippen molar-refractivity contribution >= 4 is 15.9 Å². The van der Waals surface area contributed by atoms with E-state index in [1.807, 2.05) is 0 Å². The van der Waals surface area contributed by atoms with Crippen LogP contribution in [0.15, 0.2) is 28.7 Å². The molecular formula is C14H19BrN2. The van der Waals surface area contributed by atoms with Gasteiger partial charge in [-0.05, 0) is 49.5 Å². The Labute approximate surface area is 112 Å². The lowest BCUT2D eigenvalue weighted by atomic mass is 10.0. The van der Waals surface area contributed by atoms with E-state index in [4.69, 9.17) is 0 Å². The van der Waals surface area contributed by atoms with Crippen LogP contribution in [0.1, 0.15) is 18.5 Å². The maximum atomic E-state index is 3.50. The Kier molecular flexibility index (Phi) is 3.24. The summed E-state index contributed by atoms with van der Waals surface area (Å²) in [6.07, 6.45) is 0. The molecule has 0 aliphatic carbocycles. The van der Waals surface area contributed by atoms with Crippen molar-refractivity contribution in [3.8, 4) is 0 Å². The van der Waals surface area contributed by atoms with E-state index in [1.165, 1.54) is 31.7 Å². The Morgan fingerprint density at radius 2 is 1.76 bits per heavy atom. The molecule has 2 aliphatic rings. The minimum atomic E-state index is 0.550. The predicted octanol–water partition coefficient (Wildman–Crippen LogP) is 2.66. The van der Waals surface area contributed by atoms with Gasteiger partial charge in [0.1, 0.15) is 0 Å². The van der Waals surface area contributed by atoms with Crippen LogP contribution in [0.2, 0.25) is 0 Å². The Balaban J connectivity index is 1.70. The van der Waals surface area contributed by atoms with Crippen molar-refractivity contribution in [1.82, 2.24) is 10.2 Å². The highest BCUT2D eigenvalue weighted by molar-refractivity contribution is 9.10. The molecule has 2 saturated heterocycles. The minimum Gasteiger partial charge on any atom is -0.316 e. The molecule has 0 radical (unpaired) electrons. The molecule has 2 nitrogen and oxygen atoms in total. The van der Waals surface area contributed by atoms with Gasteiger partial charge < -0.3 is 5.32 Å². The first-order valence-electron chi connectivity index (χ1n) is 6.44. The van der Waals surface area contributed by atoms with Gasteiger partial charge in [-0.2, -0.15) is 0 Å². The fraction of sp³-hybridized carbons (Fsp3) is 0.571. The molecular weight excluding hydrogens is 276 g/mol. The first-order chi connectivity index (χ1) is 8.24. The average Bonchev–Trinajstić information content (AvgIpc) is 2.89. The van der Waals surface area contributed by atoms with Gasteiger partial charge in [-0.15, -0.1) is 0 Å². The van der Waals surface area contributed by atoms with Gasteiger partial charge in [0.2, 0.25) is 0 Å². The molecule has 3 unspecified atom stereocenters. The number of hydrogen-bond acceptors (Lipinski definition) is 2. The summed E-state index contributed by atoms with van der Waals surface area (Å²) in [5.74, 6) is 1.76. The van der Waals surface area contributed by atoms with Gasteiger partial charge >= 0.3 is 0 Å². The zero-order valence-corrected chi connectivity index (χ0v) is 11.8.